The SMILES string of the molecule is CC(=O)NCc1ccc(C(=O)Cn2nc(-c3ccco3)oc2=O)s1. The van der Waals surface area contributed by atoms with Crippen LogP contribution in [0, 0.1) is 0 Å². The van der Waals surface area contributed by atoms with Crippen molar-refractivity contribution >= 4 is 23.0 Å². The highest BCUT2D eigenvalue weighted by molar-refractivity contribution is 7.14. The van der Waals surface area contributed by atoms with Crippen molar-refractivity contribution in [1.29, 1.82) is 0 Å². The van der Waals surface area contributed by atoms with E-state index in [0.29, 0.717) is 17.2 Å². The van der Waals surface area contributed by atoms with Crippen LogP contribution in [0.5, 0.6) is 0 Å². The minimum atomic E-state index is -0.732. The number of nitrogens with one attached hydrogen (secondary N) is 1. The van der Waals surface area contributed by atoms with Crippen molar-refractivity contribution in [2.45, 2.75) is 20.0 Å². The molecule has 24 heavy (non-hydrogen) atoms. The molecule has 0 aliphatic carbocycles. The van der Waals surface area contributed by atoms with Crippen LogP contribution in [0.15, 0.2) is 44.2 Å². The minimum Gasteiger partial charge on any atom is -0.459 e. The van der Waals surface area contributed by atoms with Crippen LogP contribution in [0.3, 0.4) is 0 Å². The van der Waals surface area contributed by atoms with E-state index in [2.05, 4.69) is 10.4 Å². The molecule has 3 aromatic rings. The van der Waals surface area contributed by atoms with Gasteiger partial charge >= 0.3 is 5.76 Å². The van der Waals surface area contributed by atoms with E-state index >= 15 is 0 Å². The summed E-state index contributed by atoms with van der Waals surface area (Å²) in [7, 11) is 0. The number of hydrogen-bond donors (Lipinski definition) is 1. The van der Waals surface area contributed by atoms with Gasteiger partial charge in [-0.05, 0) is 24.3 Å². The van der Waals surface area contributed by atoms with Crippen LogP contribution in [-0.2, 0) is 17.9 Å². The number of nitrogens with zero attached hydrogens (tertiary/aromatic N) is 2. The third-order valence-electron chi connectivity index (χ3n) is 3.08. The Balaban J connectivity index is 1.71. The van der Waals surface area contributed by atoms with Crippen LogP contribution >= 0.6 is 11.3 Å². The van der Waals surface area contributed by atoms with Gasteiger partial charge in [0.15, 0.2) is 11.5 Å². The molecule has 0 saturated heterocycles. The lowest BCUT2D eigenvalue weighted by molar-refractivity contribution is -0.119. The van der Waals surface area contributed by atoms with Crippen molar-refractivity contribution in [3.05, 3.63) is 50.8 Å². The molecule has 0 aliphatic heterocycles. The van der Waals surface area contributed by atoms with E-state index in [1.807, 2.05) is 0 Å². The summed E-state index contributed by atoms with van der Waals surface area (Å²) in [4.78, 5) is 36.3. The lowest BCUT2D eigenvalue weighted by atomic mass is 10.3. The molecule has 0 aromatic carbocycles. The quantitative estimate of drug-likeness (QED) is 0.680. The third kappa shape index (κ3) is 3.51. The number of thiophene rings is 1. The lowest BCUT2D eigenvalue weighted by Gasteiger charge is -1.98. The normalized spacial score (nSPS) is 10.7. The average molecular weight is 347 g/mol. The predicted molar refractivity (Wildman–Crippen MR) is 84.6 cm³/mol. The average Bonchev–Trinajstić information content (AvgIpc) is 3.26. The number of aromatic nitrogens is 2. The molecule has 3 aromatic heterocycles. The van der Waals surface area contributed by atoms with Gasteiger partial charge < -0.3 is 14.2 Å². The maximum absolute atomic E-state index is 12.3. The molecule has 0 spiro atoms. The summed E-state index contributed by atoms with van der Waals surface area (Å²) in [5, 5.41) is 6.61. The number of ketones is 1. The van der Waals surface area contributed by atoms with E-state index < -0.39 is 5.76 Å². The first-order chi connectivity index (χ1) is 11.5. The van der Waals surface area contributed by atoms with Crippen LogP contribution in [0.1, 0.15) is 21.5 Å². The first-order valence-electron chi connectivity index (χ1n) is 7.01. The van der Waals surface area contributed by atoms with Crippen molar-refractivity contribution in [1.82, 2.24) is 15.1 Å². The van der Waals surface area contributed by atoms with Crippen molar-refractivity contribution in [2.75, 3.05) is 0 Å². The molecule has 1 amide bonds. The fourth-order valence-electron chi connectivity index (χ4n) is 1.95. The number of hydrogen-bond acceptors (Lipinski definition) is 7. The Bertz CT molecular complexity index is 919. The van der Waals surface area contributed by atoms with Gasteiger partial charge in [0.1, 0.15) is 6.54 Å². The molecule has 0 fully saturated rings. The van der Waals surface area contributed by atoms with Gasteiger partial charge in [-0.15, -0.1) is 16.4 Å². The second-order valence-electron chi connectivity index (χ2n) is 4.91. The Labute approximate surface area is 139 Å². The van der Waals surface area contributed by atoms with Crippen LogP contribution in [-0.4, -0.2) is 21.5 Å². The zero-order valence-electron chi connectivity index (χ0n) is 12.6. The van der Waals surface area contributed by atoms with Crippen molar-refractivity contribution in [2.24, 2.45) is 0 Å². The second-order valence-corrected chi connectivity index (χ2v) is 6.08. The molecule has 0 bridgehead atoms. The van der Waals surface area contributed by atoms with Crippen molar-refractivity contribution < 1.29 is 18.4 Å². The number of Topliss-reactive ketones (excluding diaryl/α,β-unsaturated/α-hetero) is 1. The van der Waals surface area contributed by atoms with E-state index in [0.717, 1.165) is 9.56 Å². The fourth-order valence-corrected chi connectivity index (χ4v) is 2.83. The zero-order chi connectivity index (χ0) is 17.1. The lowest BCUT2D eigenvalue weighted by Crippen LogP contribution is -2.21. The predicted octanol–water partition coefficient (Wildman–Crippen LogP) is 1.68. The van der Waals surface area contributed by atoms with Crippen molar-refractivity contribution in [3.8, 4) is 11.7 Å². The Morgan fingerprint density at radius 1 is 1.33 bits per heavy atom. The largest absolute Gasteiger partial charge is 0.459 e. The Morgan fingerprint density at radius 2 is 2.17 bits per heavy atom. The summed E-state index contributed by atoms with van der Waals surface area (Å²) in [6.45, 7) is 1.55. The highest BCUT2D eigenvalue weighted by Crippen LogP contribution is 2.18. The number of furan rings is 1. The molecule has 1 N–H and O–H groups in total. The monoisotopic (exact) mass is 347 g/mol. The van der Waals surface area contributed by atoms with Crippen LogP contribution in [0.4, 0.5) is 0 Å². The molecule has 9 heteroatoms. The van der Waals surface area contributed by atoms with Gasteiger partial charge in [-0.2, -0.15) is 4.68 Å². The Morgan fingerprint density at radius 3 is 2.88 bits per heavy atom. The van der Waals surface area contributed by atoms with E-state index in [1.165, 1.54) is 24.5 Å². The van der Waals surface area contributed by atoms with Crippen LogP contribution in [0.25, 0.3) is 11.7 Å². The maximum Gasteiger partial charge on any atom is 0.437 e. The van der Waals surface area contributed by atoms with E-state index in [9.17, 15) is 14.4 Å². The molecule has 3 rings (SSSR count). The van der Waals surface area contributed by atoms with Crippen molar-refractivity contribution in [3.63, 3.8) is 0 Å². The number of amides is 1. The standard InChI is InChI=1S/C15H13N3O5S/c1-9(19)16-7-10-4-5-13(24-10)11(20)8-18-15(21)23-14(17-18)12-3-2-6-22-12/h2-6H,7-8H2,1H3,(H,16,19). The van der Waals surface area contributed by atoms with Crippen LogP contribution < -0.4 is 11.1 Å². The Kier molecular flexibility index (Phi) is 4.43. The smallest absolute Gasteiger partial charge is 0.437 e. The molecule has 0 radical (unpaired) electrons. The molecular weight excluding hydrogens is 334 g/mol. The van der Waals surface area contributed by atoms with Gasteiger partial charge in [-0.1, -0.05) is 0 Å². The highest BCUT2D eigenvalue weighted by Gasteiger charge is 2.17. The topological polar surface area (TPSA) is 107 Å². The third-order valence-corrected chi connectivity index (χ3v) is 4.21. The van der Waals surface area contributed by atoms with Crippen LogP contribution in [0.2, 0.25) is 0 Å². The van der Waals surface area contributed by atoms with Gasteiger partial charge in [0.25, 0.3) is 5.89 Å². The van der Waals surface area contributed by atoms with E-state index in [-0.39, 0.29) is 24.1 Å². The summed E-state index contributed by atoms with van der Waals surface area (Å²) in [5.41, 5.74) is 0. The maximum atomic E-state index is 12.3. The summed E-state index contributed by atoms with van der Waals surface area (Å²) >= 11 is 1.26. The first-order valence-corrected chi connectivity index (χ1v) is 7.83. The molecule has 0 atom stereocenters. The second kappa shape index (κ2) is 6.67. The summed E-state index contributed by atoms with van der Waals surface area (Å²) in [6.07, 6.45) is 1.43. The molecule has 0 aliphatic rings. The molecule has 0 unspecified atom stereocenters. The molecular formula is C15H13N3O5S. The van der Waals surface area contributed by atoms with Gasteiger partial charge in [-0.3, -0.25) is 9.59 Å². The fraction of sp³-hybridized carbons (Fsp3) is 0.200. The summed E-state index contributed by atoms with van der Waals surface area (Å²) in [5.74, 6) is -0.807. The number of carbonyl (C=O) groups excluding carboxylic acids is 2. The van der Waals surface area contributed by atoms with E-state index in [1.54, 1.807) is 24.3 Å². The molecule has 124 valence electrons. The zero-order valence-corrected chi connectivity index (χ0v) is 13.5. The number of carbonyl (C=O) groups is 2. The number of rotatable bonds is 6. The minimum absolute atomic E-state index is 0.0235. The van der Waals surface area contributed by atoms with Gasteiger partial charge in [0.05, 0.1) is 17.7 Å². The molecule has 8 nitrogen and oxygen atoms in total. The molecule has 3 heterocycles. The summed E-state index contributed by atoms with van der Waals surface area (Å²) < 4.78 is 11.0. The van der Waals surface area contributed by atoms with Gasteiger partial charge in [0, 0.05) is 11.8 Å². The summed E-state index contributed by atoms with van der Waals surface area (Å²) in [6, 6.07) is 6.66. The Hall–Kier alpha value is -2.94. The first kappa shape index (κ1) is 15.9. The van der Waals surface area contributed by atoms with E-state index in [4.69, 9.17) is 8.83 Å². The van der Waals surface area contributed by atoms with Gasteiger partial charge in [-0.25, -0.2) is 4.79 Å². The molecule has 0 saturated carbocycles. The van der Waals surface area contributed by atoms with Gasteiger partial charge in [0.2, 0.25) is 5.91 Å². The highest BCUT2D eigenvalue weighted by atomic mass is 32.1.